The molecular weight excluding hydrogens is 733 g/mol. The number of pyridine rings is 4. The Balaban J connectivity index is 0.000000150. The van der Waals surface area contributed by atoms with Crippen LogP contribution in [0.4, 0.5) is 0 Å². The highest BCUT2D eigenvalue weighted by molar-refractivity contribution is 5.81. The van der Waals surface area contributed by atoms with Crippen molar-refractivity contribution in [2.45, 2.75) is 39.0 Å². The molecule has 0 bridgehead atoms. The summed E-state index contributed by atoms with van der Waals surface area (Å²) in [6.45, 7) is 5.16. The standard InChI is InChI=1S/2C21H19N7O/c2*1-14(15-4-5-18-16(11-15)3-2-8-22-18)28-21-20(25-26-28)7-6-19(24-21)17-12-23-27(13-17)9-10-29/h2*2-8,11-14,29H,9-10H2,1H3/t2*14-/m10/s1. The van der Waals surface area contributed by atoms with Crippen LogP contribution in [0.5, 0.6) is 0 Å². The van der Waals surface area contributed by atoms with Gasteiger partial charge in [0, 0.05) is 46.7 Å². The maximum Gasteiger partial charge on any atom is 0.179 e. The molecule has 10 aromatic rings. The molecule has 288 valence electrons. The van der Waals surface area contributed by atoms with Crippen LogP contribution in [0.3, 0.4) is 0 Å². The lowest BCUT2D eigenvalue weighted by atomic mass is 10.1. The van der Waals surface area contributed by atoms with E-state index in [4.69, 9.17) is 20.2 Å². The quantitative estimate of drug-likeness (QED) is 0.173. The van der Waals surface area contributed by atoms with Gasteiger partial charge in [-0.1, -0.05) is 34.7 Å². The summed E-state index contributed by atoms with van der Waals surface area (Å²) in [7, 11) is 0. The third-order valence-electron chi connectivity index (χ3n) is 10.1. The van der Waals surface area contributed by atoms with Crippen molar-refractivity contribution in [1.82, 2.24) is 69.5 Å². The summed E-state index contributed by atoms with van der Waals surface area (Å²) < 4.78 is 7.08. The Labute approximate surface area is 331 Å². The topological polar surface area (TPSA) is 189 Å². The van der Waals surface area contributed by atoms with Crippen LogP contribution in [0.25, 0.3) is 66.6 Å². The lowest BCUT2D eigenvalue weighted by Crippen LogP contribution is -2.09. The van der Waals surface area contributed by atoms with E-state index in [0.717, 1.165) is 77.8 Å². The van der Waals surface area contributed by atoms with Gasteiger partial charge in [0.15, 0.2) is 11.3 Å². The minimum Gasteiger partial charge on any atom is -0.394 e. The molecule has 0 saturated carbocycles. The van der Waals surface area contributed by atoms with Crippen LogP contribution in [-0.2, 0) is 13.1 Å². The fraction of sp³-hybridized carbons (Fsp3) is 0.190. The summed E-state index contributed by atoms with van der Waals surface area (Å²) in [5, 5.41) is 46.1. The van der Waals surface area contributed by atoms with Gasteiger partial charge in [0.1, 0.15) is 11.0 Å². The first-order chi connectivity index (χ1) is 28.4. The molecule has 0 aliphatic heterocycles. The van der Waals surface area contributed by atoms with Gasteiger partial charge < -0.3 is 10.2 Å². The first-order valence-corrected chi connectivity index (χ1v) is 18.9. The van der Waals surface area contributed by atoms with Crippen molar-refractivity contribution >= 4 is 44.1 Å². The molecule has 16 heteroatoms. The largest absolute Gasteiger partial charge is 0.394 e. The van der Waals surface area contributed by atoms with Crippen LogP contribution >= 0.6 is 0 Å². The maximum absolute atomic E-state index is 9.08. The average Bonchev–Trinajstić information content (AvgIpc) is 4.10. The summed E-state index contributed by atoms with van der Waals surface area (Å²) in [5.41, 5.74) is 10.4. The Kier molecular flexibility index (Phi) is 9.83. The third-order valence-corrected chi connectivity index (χ3v) is 10.1. The van der Waals surface area contributed by atoms with Crippen molar-refractivity contribution in [3.8, 4) is 22.5 Å². The molecule has 2 N–H and O–H groups in total. The number of nitrogens with zero attached hydrogens (tertiary/aromatic N) is 14. The minimum absolute atomic E-state index is 0.0375. The Hall–Kier alpha value is -7.30. The number of hydrogen-bond donors (Lipinski definition) is 2. The molecule has 0 spiro atoms. The molecule has 0 amide bonds. The Morgan fingerprint density at radius 3 is 1.45 bits per heavy atom. The van der Waals surface area contributed by atoms with Gasteiger partial charge in [-0.3, -0.25) is 19.3 Å². The van der Waals surface area contributed by atoms with Crippen LogP contribution < -0.4 is 0 Å². The fourth-order valence-electron chi connectivity index (χ4n) is 6.93. The summed E-state index contributed by atoms with van der Waals surface area (Å²) >= 11 is 0. The molecule has 0 fully saturated rings. The normalized spacial score (nSPS) is 12.6. The van der Waals surface area contributed by atoms with E-state index < -0.39 is 0 Å². The average molecular weight is 771 g/mol. The molecule has 0 unspecified atom stereocenters. The predicted molar refractivity (Wildman–Crippen MR) is 218 cm³/mol. The molecule has 8 aromatic heterocycles. The minimum atomic E-state index is -0.0375. The number of aliphatic hydroxyl groups excluding tert-OH is 2. The van der Waals surface area contributed by atoms with E-state index in [-0.39, 0.29) is 25.3 Å². The molecule has 58 heavy (non-hydrogen) atoms. The monoisotopic (exact) mass is 770 g/mol. The number of rotatable bonds is 10. The summed E-state index contributed by atoms with van der Waals surface area (Å²) in [4.78, 5) is 18.4. The number of benzene rings is 2. The van der Waals surface area contributed by atoms with Crippen LogP contribution in [0, 0.1) is 0 Å². The van der Waals surface area contributed by atoms with Gasteiger partial charge >= 0.3 is 0 Å². The van der Waals surface area contributed by atoms with E-state index in [0.29, 0.717) is 13.1 Å². The molecule has 0 radical (unpaired) electrons. The van der Waals surface area contributed by atoms with Gasteiger partial charge in [0.25, 0.3) is 0 Å². The zero-order chi connectivity index (χ0) is 39.6. The Bertz CT molecular complexity index is 2820. The number of aliphatic hydroxyl groups is 2. The zero-order valence-corrected chi connectivity index (χ0v) is 31.7. The molecule has 10 rings (SSSR count). The molecule has 2 aromatic carbocycles. The van der Waals surface area contributed by atoms with E-state index >= 15 is 0 Å². The van der Waals surface area contributed by atoms with E-state index in [1.54, 1.807) is 34.2 Å². The first kappa shape index (κ1) is 36.3. The second kappa shape index (κ2) is 15.7. The highest BCUT2D eigenvalue weighted by atomic mass is 16.3. The van der Waals surface area contributed by atoms with Crippen molar-refractivity contribution in [2.75, 3.05) is 13.2 Å². The smallest absolute Gasteiger partial charge is 0.179 e. The van der Waals surface area contributed by atoms with Crippen LogP contribution in [0.1, 0.15) is 37.1 Å². The maximum atomic E-state index is 9.08. The van der Waals surface area contributed by atoms with E-state index in [2.05, 4.69) is 91.0 Å². The lowest BCUT2D eigenvalue weighted by Gasteiger charge is -2.13. The summed E-state index contributed by atoms with van der Waals surface area (Å²) in [6, 6.07) is 28.0. The SMILES string of the molecule is C[C@@H](c1ccc2ncccc2c1)n1nnc2ccc(-c3cnn(CCO)c3)nc21.C[C@H](c1ccc2ncccc2c1)n1nnc2ccc(-c3cnn(CCO)c3)nc21. The van der Waals surface area contributed by atoms with Crippen LogP contribution in [0.2, 0.25) is 0 Å². The van der Waals surface area contributed by atoms with Gasteiger partial charge in [0.2, 0.25) is 0 Å². The van der Waals surface area contributed by atoms with Crippen LogP contribution in [0.15, 0.2) is 122 Å². The fourth-order valence-corrected chi connectivity index (χ4v) is 6.93. The van der Waals surface area contributed by atoms with Crippen molar-refractivity contribution in [3.63, 3.8) is 0 Å². The summed E-state index contributed by atoms with van der Waals surface area (Å²) in [5.74, 6) is 0. The number of aromatic nitrogens is 14. The van der Waals surface area contributed by atoms with Gasteiger partial charge in [0.05, 0.1) is 73.2 Å². The van der Waals surface area contributed by atoms with Gasteiger partial charge in [-0.15, -0.1) is 10.2 Å². The molecule has 8 heterocycles. The summed E-state index contributed by atoms with van der Waals surface area (Å²) in [6.07, 6.45) is 10.8. The second-order valence-corrected chi connectivity index (χ2v) is 13.8. The Morgan fingerprint density at radius 1 is 0.552 bits per heavy atom. The van der Waals surface area contributed by atoms with Crippen molar-refractivity contribution in [2.24, 2.45) is 0 Å². The molecule has 0 saturated heterocycles. The van der Waals surface area contributed by atoms with E-state index in [1.165, 1.54) is 0 Å². The Morgan fingerprint density at radius 2 is 1.00 bits per heavy atom. The second-order valence-electron chi connectivity index (χ2n) is 13.8. The molecule has 0 aliphatic carbocycles. The predicted octanol–water partition coefficient (Wildman–Crippen LogP) is 5.68. The molecule has 0 aliphatic rings. The van der Waals surface area contributed by atoms with Crippen molar-refractivity contribution < 1.29 is 10.2 Å². The highest BCUT2D eigenvalue weighted by Crippen LogP contribution is 2.28. The van der Waals surface area contributed by atoms with Crippen molar-refractivity contribution in [1.29, 1.82) is 0 Å². The van der Waals surface area contributed by atoms with E-state index in [9.17, 15) is 0 Å². The first-order valence-electron chi connectivity index (χ1n) is 18.9. The molecular formula is C42H38N14O2. The van der Waals surface area contributed by atoms with Crippen LogP contribution in [-0.4, -0.2) is 92.9 Å². The van der Waals surface area contributed by atoms with Crippen molar-refractivity contribution in [3.05, 3.63) is 133 Å². The molecule has 2 atom stereocenters. The van der Waals surface area contributed by atoms with E-state index in [1.807, 2.05) is 70.3 Å². The third kappa shape index (κ3) is 7.13. The van der Waals surface area contributed by atoms with Gasteiger partial charge in [-0.2, -0.15) is 10.2 Å². The number of hydrogen-bond acceptors (Lipinski definition) is 12. The lowest BCUT2D eigenvalue weighted by molar-refractivity contribution is 0.269. The molecule has 16 nitrogen and oxygen atoms in total. The zero-order valence-electron chi connectivity index (χ0n) is 31.7. The van der Waals surface area contributed by atoms with Gasteiger partial charge in [-0.05, 0) is 85.6 Å². The number of fused-ring (bicyclic) bond motifs is 4. The highest BCUT2D eigenvalue weighted by Gasteiger charge is 2.18. The van der Waals surface area contributed by atoms with Gasteiger partial charge in [-0.25, -0.2) is 19.3 Å².